The van der Waals surface area contributed by atoms with E-state index in [1.807, 2.05) is 11.6 Å². The van der Waals surface area contributed by atoms with E-state index in [0.29, 0.717) is 13.0 Å². The van der Waals surface area contributed by atoms with E-state index in [1.165, 1.54) is 12.1 Å². The fourth-order valence-electron chi connectivity index (χ4n) is 6.07. The van der Waals surface area contributed by atoms with Crippen molar-refractivity contribution in [2.24, 2.45) is 12.5 Å². The average molecular weight is 494 g/mol. The summed E-state index contributed by atoms with van der Waals surface area (Å²) in [5, 5.41) is 15.9. The minimum atomic E-state index is -4.31. The number of rotatable bonds is 7. The van der Waals surface area contributed by atoms with Crippen molar-refractivity contribution in [2.45, 2.75) is 61.2 Å². The predicted octanol–water partition coefficient (Wildman–Crippen LogP) is 4.02. The highest BCUT2D eigenvalue weighted by molar-refractivity contribution is 7.99. The molecule has 10 heteroatoms. The SMILES string of the molecule is Cn1c(SCCC[C@]2(c3ccc(C(F)(F)F)cc3)C[C@]23CCNC3)nnc1C1CCNC(=O)C1. The number of piperidine rings is 1. The number of thioether (sulfide) groups is 1. The van der Waals surface area contributed by atoms with Crippen LogP contribution in [0.1, 0.15) is 61.4 Å². The number of hydrogen-bond donors (Lipinski definition) is 2. The molecule has 3 aliphatic rings. The lowest BCUT2D eigenvalue weighted by atomic mass is 9.81. The summed E-state index contributed by atoms with van der Waals surface area (Å²) in [5.74, 6) is 1.88. The molecule has 184 valence electrons. The molecule has 1 amide bonds. The fourth-order valence-corrected chi connectivity index (χ4v) is 6.93. The summed E-state index contributed by atoms with van der Waals surface area (Å²) in [6.07, 6.45) is 0.997. The van der Waals surface area contributed by atoms with E-state index in [1.54, 1.807) is 23.9 Å². The van der Waals surface area contributed by atoms with Crippen molar-refractivity contribution in [2.75, 3.05) is 25.4 Å². The Morgan fingerprint density at radius 3 is 2.68 bits per heavy atom. The Balaban J connectivity index is 1.23. The van der Waals surface area contributed by atoms with Crippen molar-refractivity contribution in [3.8, 4) is 0 Å². The molecule has 1 spiro atoms. The van der Waals surface area contributed by atoms with Crippen LogP contribution in [-0.4, -0.2) is 46.1 Å². The van der Waals surface area contributed by atoms with Crippen LogP contribution in [0.4, 0.5) is 13.2 Å². The third kappa shape index (κ3) is 4.23. The summed E-state index contributed by atoms with van der Waals surface area (Å²) in [6, 6.07) is 5.84. The Bertz CT molecular complexity index is 1050. The molecule has 1 saturated carbocycles. The molecule has 2 aromatic rings. The number of hydrogen-bond acceptors (Lipinski definition) is 5. The number of benzene rings is 1. The molecule has 2 saturated heterocycles. The van der Waals surface area contributed by atoms with Crippen LogP contribution in [-0.2, 0) is 23.4 Å². The van der Waals surface area contributed by atoms with Crippen molar-refractivity contribution >= 4 is 17.7 Å². The van der Waals surface area contributed by atoms with Crippen LogP contribution in [0.3, 0.4) is 0 Å². The first-order valence-electron chi connectivity index (χ1n) is 11.9. The molecule has 1 aromatic carbocycles. The van der Waals surface area contributed by atoms with E-state index in [2.05, 4.69) is 20.8 Å². The summed E-state index contributed by atoms with van der Waals surface area (Å²) in [6.45, 7) is 2.57. The van der Waals surface area contributed by atoms with Crippen molar-refractivity contribution in [1.29, 1.82) is 0 Å². The molecule has 2 aliphatic heterocycles. The smallest absolute Gasteiger partial charge is 0.356 e. The molecular weight excluding hydrogens is 463 g/mol. The van der Waals surface area contributed by atoms with Gasteiger partial charge in [0.2, 0.25) is 5.91 Å². The first kappa shape index (κ1) is 23.7. The van der Waals surface area contributed by atoms with E-state index in [0.717, 1.165) is 67.5 Å². The van der Waals surface area contributed by atoms with E-state index < -0.39 is 11.7 Å². The number of aromatic nitrogens is 3. The van der Waals surface area contributed by atoms with Gasteiger partial charge in [0.05, 0.1) is 5.56 Å². The van der Waals surface area contributed by atoms with Gasteiger partial charge in [0.25, 0.3) is 0 Å². The number of halogens is 3. The van der Waals surface area contributed by atoms with Crippen LogP contribution < -0.4 is 10.6 Å². The third-order valence-electron chi connectivity index (χ3n) is 8.00. The Labute approximate surface area is 201 Å². The zero-order valence-corrected chi connectivity index (χ0v) is 20.1. The Morgan fingerprint density at radius 1 is 1.21 bits per heavy atom. The number of alkyl halides is 3. The van der Waals surface area contributed by atoms with E-state index in [9.17, 15) is 18.0 Å². The number of amides is 1. The first-order chi connectivity index (χ1) is 16.2. The van der Waals surface area contributed by atoms with Gasteiger partial charge in [0.1, 0.15) is 5.82 Å². The van der Waals surface area contributed by atoms with Gasteiger partial charge in [-0.3, -0.25) is 4.79 Å². The molecule has 2 N–H and O–H groups in total. The van der Waals surface area contributed by atoms with Gasteiger partial charge in [-0.15, -0.1) is 10.2 Å². The second-order valence-electron chi connectivity index (χ2n) is 9.93. The minimum absolute atomic E-state index is 0.0539. The quantitative estimate of drug-likeness (QED) is 0.450. The molecule has 34 heavy (non-hydrogen) atoms. The molecular formula is C24H30F3N5OS. The van der Waals surface area contributed by atoms with Crippen molar-refractivity contribution in [3.63, 3.8) is 0 Å². The van der Waals surface area contributed by atoms with Gasteiger partial charge < -0.3 is 15.2 Å². The molecule has 0 bridgehead atoms. The molecule has 1 unspecified atom stereocenters. The highest BCUT2D eigenvalue weighted by Gasteiger charge is 2.67. The lowest BCUT2D eigenvalue weighted by molar-refractivity contribution is -0.137. The maximum Gasteiger partial charge on any atom is 0.416 e. The van der Waals surface area contributed by atoms with Crippen LogP contribution in [0.25, 0.3) is 0 Å². The average Bonchev–Trinajstić information content (AvgIpc) is 3.06. The second-order valence-corrected chi connectivity index (χ2v) is 11.0. The lowest BCUT2D eigenvalue weighted by Crippen LogP contribution is -2.33. The van der Waals surface area contributed by atoms with E-state index in [-0.39, 0.29) is 22.7 Å². The second kappa shape index (κ2) is 8.86. The maximum atomic E-state index is 13.1. The Morgan fingerprint density at radius 2 is 2.00 bits per heavy atom. The van der Waals surface area contributed by atoms with Gasteiger partial charge in [-0.05, 0) is 61.8 Å². The van der Waals surface area contributed by atoms with Crippen LogP contribution in [0.5, 0.6) is 0 Å². The Kier molecular flexibility index (Phi) is 6.16. The lowest BCUT2D eigenvalue weighted by Gasteiger charge is -2.23. The van der Waals surface area contributed by atoms with Crippen LogP contribution >= 0.6 is 11.8 Å². The van der Waals surface area contributed by atoms with Gasteiger partial charge >= 0.3 is 6.18 Å². The third-order valence-corrected chi connectivity index (χ3v) is 9.10. The summed E-state index contributed by atoms with van der Waals surface area (Å²) >= 11 is 1.66. The molecule has 1 aromatic heterocycles. The standard InChI is InChI=1S/C24H30F3N5OS/c1-32-20(16-7-10-29-19(33)13-16)30-31-21(32)34-12-2-8-23(14-22(23)9-11-28-15-22)17-3-5-18(6-4-17)24(25,26)27/h3-6,16,28H,2,7-15H2,1H3,(H,29,33)/t16?,22-,23+/m0/s1. The summed E-state index contributed by atoms with van der Waals surface area (Å²) in [7, 11) is 1.95. The van der Waals surface area contributed by atoms with Gasteiger partial charge in [-0.25, -0.2) is 0 Å². The molecule has 3 fully saturated rings. The maximum absolute atomic E-state index is 13.1. The molecule has 3 atom stereocenters. The zero-order valence-electron chi connectivity index (χ0n) is 19.2. The summed E-state index contributed by atoms with van der Waals surface area (Å²) in [4.78, 5) is 11.7. The highest BCUT2D eigenvalue weighted by atomic mass is 32.2. The minimum Gasteiger partial charge on any atom is -0.356 e. The molecule has 5 rings (SSSR count). The number of carbonyl (C=O) groups is 1. The van der Waals surface area contributed by atoms with Gasteiger partial charge in [0, 0.05) is 43.6 Å². The molecule has 1 aliphatic carbocycles. The monoisotopic (exact) mass is 493 g/mol. The number of nitrogens with zero attached hydrogens (tertiary/aromatic N) is 3. The van der Waals surface area contributed by atoms with E-state index >= 15 is 0 Å². The topological polar surface area (TPSA) is 71.8 Å². The van der Waals surface area contributed by atoms with Crippen LogP contribution in [0, 0.1) is 5.41 Å². The fraction of sp³-hybridized carbons (Fsp3) is 0.625. The van der Waals surface area contributed by atoms with Crippen molar-refractivity contribution in [3.05, 3.63) is 41.2 Å². The van der Waals surface area contributed by atoms with Crippen molar-refractivity contribution in [1.82, 2.24) is 25.4 Å². The van der Waals surface area contributed by atoms with Crippen LogP contribution in [0.15, 0.2) is 29.4 Å². The highest BCUT2D eigenvalue weighted by Crippen LogP contribution is 2.69. The van der Waals surface area contributed by atoms with Crippen LogP contribution in [0.2, 0.25) is 0 Å². The predicted molar refractivity (Wildman–Crippen MR) is 124 cm³/mol. The van der Waals surface area contributed by atoms with Gasteiger partial charge in [-0.1, -0.05) is 23.9 Å². The largest absolute Gasteiger partial charge is 0.416 e. The van der Waals surface area contributed by atoms with E-state index in [4.69, 9.17) is 0 Å². The first-order valence-corrected chi connectivity index (χ1v) is 12.9. The summed E-state index contributed by atoms with van der Waals surface area (Å²) in [5.41, 5.74) is 0.555. The zero-order chi connectivity index (χ0) is 24.0. The number of nitrogens with one attached hydrogen (secondary N) is 2. The van der Waals surface area contributed by atoms with Gasteiger partial charge in [0.15, 0.2) is 5.16 Å². The van der Waals surface area contributed by atoms with Crippen molar-refractivity contribution < 1.29 is 18.0 Å². The molecule has 3 heterocycles. The number of carbonyl (C=O) groups excluding carboxylic acids is 1. The summed E-state index contributed by atoms with van der Waals surface area (Å²) < 4.78 is 41.2. The van der Waals surface area contributed by atoms with Gasteiger partial charge in [-0.2, -0.15) is 13.2 Å². The normalized spacial score (nSPS) is 28.9. The molecule has 0 radical (unpaired) electrons. The Hall–Kier alpha value is -2.07. The molecule has 6 nitrogen and oxygen atoms in total.